The average Bonchev–Trinajstić information content (AvgIpc) is 2.64. The van der Waals surface area contributed by atoms with Crippen molar-refractivity contribution in [2.24, 2.45) is 11.8 Å². The highest BCUT2D eigenvalue weighted by molar-refractivity contribution is 5.68. The summed E-state index contributed by atoms with van der Waals surface area (Å²) in [5.41, 5.74) is 9.04. The Morgan fingerprint density at radius 1 is 1.18 bits per heavy atom. The van der Waals surface area contributed by atoms with E-state index in [2.05, 4.69) is 17.4 Å². The van der Waals surface area contributed by atoms with E-state index < -0.39 is 5.60 Å². The number of carbonyl (C=O) groups is 1. The third-order valence-electron chi connectivity index (χ3n) is 4.80. The number of ether oxygens (including phenoxy) is 1. The molecule has 0 aromatic heterocycles. The third kappa shape index (κ3) is 3.21. The number of hydrogen-bond donors (Lipinski definition) is 2. The Hall–Kier alpha value is -1.71. The third-order valence-corrected chi connectivity index (χ3v) is 4.80. The zero-order valence-electron chi connectivity index (χ0n) is 13.7. The van der Waals surface area contributed by atoms with E-state index in [1.54, 1.807) is 0 Å². The van der Waals surface area contributed by atoms with Crippen molar-refractivity contribution in [3.63, 3.8) is 0 Å². The van der Waals surface area contributed by atoms with Gasteiger partial charge in [0.15, 0.2) is 0 Å². The van der Waals surface area contributed by atoms with Crippen LogP contribution >= 0.6 is 0 Å². The van der Waals surface area contributed by atoms with Gasteiger partial charge >= 0.3 is 6.09 Å². The van der Waals surface area contributed by atoms with Gasteiger partial charge in [0, 0.05) is 11.7 Å². The molecule has 1 fully saturated rings. The smallest absolute Gasteiger partial charge is 0.407 e. The fourth-order valence-corrected chi connectivity index (χ4v) is 3.91. The first-order valence-electron chi connectivity index (χ1n) is 8.18. The number of hydrogen-bond acceptors (Lipinski definition) is 3. The molecule has 3 unspecified atom stereocenters. The van der Waals surface area contributed by atoms with Gasteiger partial charge in [0.2, 0.25) is 0 Å². The number of nitrogens with one attached hydrogen (secondary N) is 1. The van der Waals surface area contributed by atoms with E-state index >= 15 is 0 Å². The van der Waals surface area contributed by atoms with Crippen LogP contribution in [0, 0.1) is 11.8 Å². The number of fused-ring (bicyclic) bond motifs is 3. The quantitative estimate of drug-likeness (QED) is 0.782. The Kier molecular flexibility index (Phi) is 3.79. The monoisotopic (exact) mass is 302 g/mol. The molecular formula is C18H26N2O2. The number of alkyl carbamates (subject to hydrolysis) is 1. The largest absolute Gasteiger partial charge is 0.444 e. The highest BCUT2D eigenvalue weighted by Gasteiger charge is 2.40. The van der Waals surface area contributed by atoms with Gasteiger partial charge in [0.05, 0.1) is 0 Å². The number of carbonyl (C=O) groups excluding carboxylic acids is 1. The molecule has 22 heavy (non-hydrogen) atoms. The van der Waals surface area contributed by atoms with Crippen molar-refractivity contribution >= 4 is 11.8 Å². The van der Waals surface area contributed by atoms with Crippen molar-refractivity contribution in [3.05, 3.63) is 29.3 Å². The lowest BCUT2D eigenvalue weighted by Gasteiger charge is -2.26. The summed E-state index contributed by atoms with van der Waals surface area (Å²) in [7, 11) is 0. The second-order valence-corrected chi connectivity index (χ2v) is 7.71. The Bertz CT molecular complexity index is 577. The average molecular weight is 302 g/mol. The Labute approximate surface area is 132 Å². The van der Waals surface area contributed by atoms with Gasteiger partial charge in [0.25, 0.3) is 0 Å². The fourth-order valence-electron chi connectivity index (χ4n) is 3.91. The van der Waals surface area contributed by atoms with E-state index in [9.17, 15) is 4.79 Å². The van der Waals surface area contributed by atoms with E-state index in [1.807, 2.05) is 26.8 Å². The maximum absolute atomic E-state index is 12.1. The Balaban J connectivity index is 1.75. The molecule has 2 aliphatic carbocycles. The maximum Gasteiger partial charge on any atom is 0.407 e. The molecule has 2 bridgehead atoms. The minimum Gasteiger partial charge on any atom is -0.444 e. The molecule has 3 N–H and O–H groups in total. The second kappa shape index (κ2) is 5.49. The minimum atomic E-state index is -0.453. The van der Waals surface area contributed by atoms with E-state index in [4.69, 9.17) is 10.5 Å². The van der Waals surface area contributed by atoms with Crippen molar-refractivity contribution in [3.8, 4) is 0 Å². The molecule has 4 nitrogen and oxygen atoms in total. The molecule has 0 aliphatic heterocycles. The molecule has 2 aliphatic rings. The van der Waals surface area contributed by atoms with Crippen LogP contribution in [-0.2, 0) is 17.6 Å². The van der Waals surface area contributed by atoms with Crippen LogP contribution < -0.4 is 11.1 Å². The Morgan fingerprint density at radius 2 is 1.82 bits per heavy atom. The second-order valence-electron chi connectivity index (χ2n) is 7.71. The number of benzene rings is 1. The summed E-state index contributed by atoms with van der Waals surface area (Å²) < 4.78 is 5.43. The molecule has 1 saturated carbocycles. The number of anilines is 1. The van der Waals surface area contributed by atoms with Crippen molar-refractivity contribution in [2.75, 3.05) is 5.73 Å². The summed E-state index contributed by atoms with van der Waals surface area (Å²) in [5.74, 6) is 0.989. The normalized spacial score (nSPS) is 27.0. The van der Waals surface area contributed by atoms with Crippen LogP contribution in [0.4, 0.5) is 10.5 Å². The molecule has 1 amide bonds. The molecule has 0 spiro atoms. The van der Waals surface area contributed by atoms with Crippen LogP contribution in [0.5, 0.6) is 0 Å². The molecule has 0 radical (unpaired) electrons. The van der Waals surface area contributed by atoms with E-state index in [0.717, 1.165) is 18.5 Å². The van der Waals surface area contributed by atoms with Crippen LogP contribution in [0.15, 0.2) is 18.2 Å². The van der Waals surface area contributed by atoms with Gasteiger partial charge in [-0.05, 0) is 81.5 Å². The van der Waals surface area contributed by atoms with E-state index in [1.165, 1.54) is 24.0 Å². The summed E-state index contributed by atoms with van der Waals surface area (Å²) in [6, 6.07) is 6.44. The summed E-state index contributed by atoms with van der Waals surface area (Å²) in [5, 5.41) is 3.13. The van der Waals surface area contributed by atoms with Gasteiger partial charge in [-0.15, -0.1) is 0 Å². The Morgan fingerprint density at radius 3 is 2.45 bits per heavy atom. The summed E-state index contributed by atoms with van der Waals surface area (Å²) >= 11 is 0. The summed E-state index contributed by atoms with van der Waals surface area (Å²) in [6.07, 6.45) is 4.07. The molecule has 0 saturated heterocycles. The maximum atomic E-state index is 12.1. The highest BCUT2D eigenvalue weighted by Crippen LogP contribution is 2.40. The van der Waals surface area contributed by atoms with Crippen molar-refractivity contribution in [1.82, 2.24) is 5.32 Å². The number of amides is 1. The summed E-state index contributed by atoms with van der Waals surface area (Å²) in [4.78, 5) is 12.1. The van der Waals surface area contributed by atoms with E-state index in [0.29, 0.717) is 11.8 Å². The molecule has 1 aromatic carbocycles. The first-order valence-corrected chi connectivity index (χ1v) is 8.18. The van der Waals surface area contributed by atoms with Gasteiger partial charge < -0.3 is 15.8 Å². The van der Waals surface area contributed by atoms with Crippen molar-refractivity contribution in [1.29, 1.82) is 0 Å². The van der Waals surface area contributed by atoms with Crippen molar-refractivity contribution in [2.45, 2.75) is 58.1 Å². The minimum absolute atomic E-state index is 0.212. The van der Waals surface area contributed by atoms with Gasteiger partial charge in [-0.2, -0.15) is 0 Å². The predicted octanol–water partition coefficient (Wildman–Crippen LogP) is 3.29. The van der Waals surface area contributed by atoms with Gasteiger partial charge in [-0.25, -0.2) is 4.79 Å². The molecular weight excluding hydrogens is 276 g/mol. The molecule has 4 heteroatoms. The number of nitrogen functional groups attached to an aromatic ring is 1. The lowest BCUT2D eigenvalue weighted by molar-refractivity contribution is 0.0479. The molecule has 120 valence electrons. The van der Waals surface area contributed by atoms with E-state index in [-0.39, 0.29) is 12.1 Å². The SMILES string of the molecule is CC(C)(C)OC(=O)NC1C2CCC1Cc1cc(N)ccc1C2. The first kappa shape index (κ1) is 15.2. The zero-order chi connectivity index (χ0) is 15.9. The zero-order valence-corrected chi connectivity index (χ0v) is 13.7. The topological polar surface area (TPSA) is 64.3 Å². The van der Waals surface area contributed by atoms with Gasteiger partial charge in [0.1, 0.15) is 5.60 Å². The number of rotatable bonds is 1. The van der Waals surface area contributed by atoms with Crippen LogP contribution in [0.2, 0.25) is 0 Å². The van der Waals surface area contributed by atoms with Gasteiger partial charge in [-0.3, -0.25) is 0 Å². The standard InChI is InChI=1S/C18H26N2O2/c1-18(2,3)22-17(21)20-16-12-4-5-13(16)9-14-10-15(19)7-6-11(14)8-12/h6-7,10,12-13,16H,4-5,8-9,19H2,1-3H3,(H,20,21). The van der Waals surface area contributed by atoms with Gasteiger partial charge in [-0.1, -0.05) is 6.07 Å². The molecule has 1 aromatic rings. The molecule has 3 rings (SSSR count). The van der Waals surface area contributed by atoms with Crippen LogP contribution in [0.1, 0.15) is 44.7 Å². The lowest BCUT2D eigenvalue weighted by atomic mass is 9.93. The first-order chi connectivity index (χ1) is 10.3. The van der Waals surface area contributed by atoms with Crippen molar-refractivity contribution < 1.29 is 9.53 Å². The van der Waals surface area contributed by atoms with Crippen LogP contribution in [0.25, 0.3) is 0 Å². The fraction of sp³-hybridized carbons (Fsp3) is 0.611. The lowest BCUT2D eigenvalue weighted by Crippen LogP contribution is -2.44. The molecule has 0 heterocycles. The predicted molar refractivity (Wildman–Crippen MR) is 87.6 cm³/mol. The van der Waals surface area contributed by atoms with Crippen LogP contribution in [0.3, 0.4) is 0 Å². The summed E-state index contributed by atoms with van der Waals surface area (Å²) in [6.45, 7) is 5.69. The number of nitrogens with two attached hydrogens (primary N) is 1. The molecule has 3 atom stereocenters. The van der Waals surface area contributed by atoms with Crippen LogP contribution in [-0.4, -0.2) is 17.7 Å². The highest BCUT2D eigenvalue weighted by atomic mass is 16.6.